The Morgan fingerprint density at radius 1 is 1.29 bits per heavy atom. The lowest BCUT2D eigenvalue weighted by atomic mass is 9.78. The van der Waals surface area contributed by atoms with Crippen LogP contribution in [0.25, 0.3) is 0 Å². The molecule has 0 heterocycles. The average molecular weight is 349 g/mol. The molecule has 0 spiro atoms. The number of rotatable bonds is 6. The summed E-state index contributed by atoms with van der Waals surface area (Å²) in [6.07, 6.45) is 3.55. The molecule has 1 fully saturated rings. The van der Waals surface area contributed by atoms with E-state index < -0.39 is 0 Å². The van der Waals surface area contributed by atoms with Crippen LogP contribution in [0.5, 0.6) is 0 Å². The van der Waals surface area contributed by atoms with E-state index in [9.17, 15) is 9.59 Å². The van der Waals surface area contributed by atoms with E-state index in [1.807, 2.05) is 18.2 Å². The molecule has 1 saturated carbocycles. The monoisotopic (exact) mass is 349 g/mol. The SMILES string of the molecule is COC(=O)c1cccc(CSCC(=O)NC2CCCC(C)C2C)c1. The summed E-state index contributed by atoms with van der Waals surface area (Å²) in [6, 6.07) is 7.67. The molecule has 0 saturated heterocycles. The van der Waals surface area contributed by atoms with Crippen LogP contribution in [0.15, 0.2) is 24.3 Å². The number of benzene rings is 1. The fourth-order valence-electron chi connectivity index (χ4n) is 3.20. The van der Waals surface area contributed by atoms with Gasteiger partial charge in [-0.3, -0.25) is 4.79 Å². The highest BCUT2D eigenvalue weighted by atomic mass is 32.2. The van der Waals surface area contributed by atoms with E-state index in [0.29, 0.717) is 34.9 Å². The molecule has 1 amide bonds. The number of carbonyl (C=O) groups excluding carboxylic acids is 2. The molecule has 132 valence electrons. The average Bonchev–Trinajstić information content (AvgIpc) is 2.58. The maximum Gasteiger partial charge on any atom is 0.337 e. The van der Waals surface area contributed by atoms with Crippen molar-refractivity contribution in [2.45, 2.75) is 44.9 Å². The molecular formula is C19H27NO3S. The predicted molar refractivity (Wildman–Crippen MR) is 98.1 cm³/mol. The number of hydrogen-bond acceptors (Lipinski definition) is 4. The van der Waals surface area contributed by atoms with E-state index in [4.69, 9.17) is 4.74 Å². The number of amides is 1. The number of hydrogen-bond donors (Lipinski definition) is 1. The Balaban J connectivity index is 1.77. The van der Waals surface area contributed by atoms with Crippen LogP contribution in [-0.2, 0) is 15.3 Å². The van der Waals surface area contributed by atoms with E-state index in [1.54, 1.807) is 17.8 Å². The lowest BCUT2D eigenvalue weighted by Crippen LogP contribution is -2.44. The zero-order valence-corrected chi connectivity index (χ0v) is 15.5. The molecule has 4 nitrogen and oxygen atoms in total. The van der Waals surface area contributed by atoms with Gasteiger partial charge in [-0.1, -0.05) is 38.8 Å². The zero-order chi connectivity index (χ0) is 17.5. The highest BCUT2D eigenvalue weighted by molar-refractivity contribution is 7.99. The molecule has 1 aromatic carbocycles. The highest BCUT2D eigenvalue weighted by Gasteiger charge is 2.27. The van der Waals surface area contributed by atoms with Crippen molar-refractivity contribution in [2.24, 2.45) is 11.8 Å². The second-order valence-electron chi connectivity index (χ2n) is 6.63. The van der Waals surface area contributed by atoms with Crippen molar-refractivity contribution in [3.05, 3.63) is 35.4 Å². The number of nitrogens with one attached hydrogen (secondary N) is 1. The smallest absolute Gasteiger partial charge is 0.337 e. The molecule has 0 radical (unpaired) electrons. The molecule has 1 N–H and O–H groups in total. The molecule has 2 rings (SSSR count). The topological polar surface area (TPSA) is 55.4 Å². The summed E-state index contributed by atoms with van der Waals surface area (Å²) in [5, 5.41) is 3.19. The quantitative estimate of drug-likeness (QED) is 0.797. The van der Waals surface area contributed by atoms with Gasteiger partial charge in [0.25, 0.3) is 0 Å². The van der Waals surface area contributed by atoms with Crippen molar-refractivity contribution in [3.8, 4) is 0 Å². The van der Waals surface area contributed by atoms with E-state index in [1.165, 1.54) is 20.0 Å². The molecule has 3 atom stereocenters. The van der Waals surface area contributed by atoms with Gasteiger partial charge in [0.2, 0.25) is 5.91 Å². The summed E-state index contributed by atoms with van der Waals surface area (Å²) in [6.45, 7) is 4.51. The Morgan fingerprint density at radius 3 is 2.83 bits per heavy atom. The summed E-state index contributed by atoms with van der Waals surface area (Å²) in [7, 11) is 1.38. The Morgan fingerprint density at radius 2 is 2.08 bits per heavy atom. The fraction of sp³-hybridized carbons (Fsp3) is 0.579. The molecule has 1 aliphatic rings. The van der Waals surface area contributed by atoms with Crippen LogP contribution in [0, 0.1) is 11.8 Å². The summed E-state index contributed by atoms with van der Waals surface area (Å²) in [4.78, 5) is 23.7. The van der Waals surface area contributed by atoms with Crippen LogP contribution in [0.1, 0.15) is 49.0 Å². The van der Waals surface area contributed by atoms with E-state index in [0.717, 1.165) is 12.0 Å². The second kappa shape index (κ2) is 9.11. The Labute approximate surface area is 148 Å². The molecule has 24 heavy (non-hydrogen) atoms. The second-order valence-corrected chi connectivity index (χ2v) is 7.61. The van der Waals surface area contributed by atoms with Gasteiger partial charge in [0.15, 0.2) is 0 Å². The maximum atomic E-state index is 12.2. The molecular weight excluding hydrogens is 322 g/mol. The first-order valence-electron chi connectivity index (χ1n) is 8.55. The normalized spacial score (nSPS) is 23.5. The van der Waals surface area contributed by atoms with Gasteiger partial charge in [0.1, 0.15) is 0 Å². The minimum Gasteiger partial charge on any atom is -0.465 e. The number of ether oxygens (including phenoxy) is 1. The molecule has 0 aliphatic heterocycles. The Hall–Kier alpha value is -1.49. The number of thioether (sulfide) groups is 1. The minimum atomic E-state index is -0.333. The lowest BCUT2D eigenvalue weighted by Gasteiger charge is -2.34. The largest absolute Gasteiger partial charge is 0.465 e. The third-order valence-corrected chi connectivity index (χ3v) is 5.91. The van der Waals surface area contributed by atoms with Gasteiger partial charge in [-0.2, -0.15) is 0 Å². The zero-order valence-electron chi connectivity index (χ0n) is 14.7. The van der Waals surface area contributed by atoms with Crippen molar-refractivity contribution in [3.63, 3.8) is 0 Å². The third-order valence-electron chi connectivity index (χ3n) is 4.90. The van der Waals surface area contributed by atoms with E-state index in [2.05, 4.69) is 19.2 Å². The summed E-state index contributed by atoms with van der Waals surface area (Å²) >= 11 is 1.57. The minimum absolute atomic E-state index is 0.107. The van der Waals surface area contributed by atoms with Crippen LogP contribution in [0.2, 0.25) is 0 Å². The molecule has 0 aromatic heterocycles. The lowest BCUT2D eigenvalue weighted by molar-refractivity contribution is -0.120. The summed E-state index contributed by atoms with van der Waals surface area (Å²) < 4.78 is 4.73. The van der Waals surface area contributed by atoms with Gasteiger partial charge in [0.05, 0.1) is 18.4 Å². The van der Waals surface area contributed by atoms with Crippen LogP contribution >= 0.6 is 11.8 Å². The molecule has 3 unspecified atom stereocenters. The van der Waals surface area contributed by atoms with Crippen LogP contribution < -0.4 is 5.32 Å². The fourth-order valence-corrected chi connectivity index (χ4v) is 3.99. The van der Waals surface area contributed by atoms with Crippen LogP contribution in [-0.4, -0.2) is 30.8 Å². The maximum absolute atomic E-state index is 12.2. The predicted octanol–water partition coefficient (Wildman–Crippen LogP) is 3.65. The van der Waals surface area contributed by atoms with Gasteiger partial charge in [-0.05, 0) is 36.0 Å². The number of esters is 1. The van der Waals surface area contributed by atoms with E-state index >= 15 is 0 Å². The van der Waals surface area contributed by atoms with Crippen molar-refractivity contribution in [1.29, 1.82) is 0 Å². The van der Waals surface area contributed by atoms with Gasteiger partial charge < -0.3 is 10.1 Å². The third kappa shape index (κ3) is 5.26. The number of carbonyl (C=O) groups is 2. The van der Waals surface area contributed by atoms with Gasteiger partial charge >= 0.3 is 5.97 Å². The highest BCUT2D eigenvalue weighted by Crippen LogP contribution is 2.29. The van der Waals surface area contributed by atoms with Crippen LogP contribution in [0.3, 0.4) is 0 Å². The van der Waals surface area contributed by atoms with E-state index in [-0.39, 0.29) is 11.9 Å². The van der Waals surface area contributed by atoms with Crippen molar-refractivity contribution in [2.75, 3.05) is 12.9 Å². The summed E-state index contributed by atoms with van der Waals surface area (Å²) in [5.74, 6) is 2.15. The first kappa shape index (κ1) is 18.8. The van der Waals surface area contributed by atoms with Gasteiger partial charge in [-0.25, -0.2) is 4.79 Å². The van der Waals surface area contributed by atoms with Crippen molar-refractivity contribution in [1.82, 2.24) is 5.32 Å². The van der Waals surface area contributed by atoms with Crippen molar-refractivity contribution < 1.29 is 14.3 Å². The summed E-state index contributed by atoms with van der Waals surface area (Å²) in [5.41, 5.74) is 1.57. The van der Waals surface area contributed by atoms with Gasteiger partial charge in [0, 0.05) is 11.8 Å². The first-order valence-corrected chi connectivity index (χ1v) is 9.71. The molecule has 1 aliphatic carbocycles. The van der Waals surface area contributed by atoms with Crippen molar-refractivity contribution >= 4 is 23.6 Å². The Bertz CT molecular complexity index is 575. The standard InChI is InChI=1S/C19H27NO3S/c1-13-6-4-9-17(14(13)2)20-18(21)12-24-11-15-7-5-8-16(10-15)19(22)23-3/h5,7-8,10,13-14,17H,4,6,9,11-12H2,1-3H3,(H,20,21). The Kier molecular flexibility index (Phi) is 7.16. The first-order chi connectivity index (χ1) is 11.5. The molecule has 1 aromatic rings. The molecule has 0 bridgehead atoms. The number of methoxy groups -OCH3 is 1. The van der Waals surface area contributed by atoms with Gasteiger partial charge in [-0.15, -0.1) is 11.8 Å². The van der Waals surface area contributed by atoms with Crippen LogP contribution in [0.4, 0.5) is 0 Å². The molecule has 5 heteroatoms.